The minimum Gasteiger partial charge on any atom is -0.496 e. The van der Waals surface area contributed by atoms with E-state index in [4.69, 9.17) is 4.74 Å². The Morgan fingerprint density at radius 3 is 2.68 bits per heavy atom. The number of ether oxygens (including phenoxy) is 1. The predicted molar refractivity (Wildman–Crippen MR) is 81.0 cm³/mol. The number of rotatable bonds is 3. The average Bonchev–Trinajstić information content (AvgIpc) is 2.94. The van der Waals surface area contributed by atoms with Crippen molar-refractivity contribution in [2.24, 2.45) is 5.92 Å². The van der Waals surface area contributed by atoms with Gasteiger partial charge in [0, 0.05) is 6.04 Å². The Morgan fingerprint density at radius 1 is 1.23 bits per heavy atom. The van der Waals surface area contributed by atoms with Crippen LogP contribution in [0.4, 0.5) is 0 Å². The van der Waals surface area contributed by atoms with Crippen molar-refractivity contribution in [2.75, 3.05) is 7.11 Å². The van der Waals surface area contributed by atoms with Gasteiger partial charge in [-0.1, -0.05) is 25.0 Å². The number of benzene rings is 1. The standard InChI is InChI=1S/C17H21NO4/c1-22-15-9-5-3-7-12(15)16(19)18-13-8-4-2-6-11(13)10-14(18)17(20)21/h3,5,7,9,11,13-14H,2,4,6,8,10H2,1H3,(H,20,21)/t11-,13-,14+/m1/s1. The second-order valence-electron chi connectivity index (χ2n) is 6.11. The monoisotopic (exact) mass is 303 g/mol. The number of hydrogen-bond acceptors (Lipinski definition) is 3. The maximum Gasteiger partial charge on any atom is 0.326 e. The minimum absolute atomic E-state index is 0.0484. The van der Waals surface area contributed by atoms with Crippen LogP contribution >= 0.6 is 0 Å². The first kappa shape index (κ1) is 14.9. The fourth-order valence-electron chi connectivity index (χ4n) is 3.93. The van der Waals surface area contributed by atoms with E-state index in [2.05, 4.69) is 0 Å². The predicted octanol–water partition coefficient (Wildman–Crippen LogP) is 2.55. The van der Waals surface area contributed by atoms with Gasteiger partial charge in [0.2, 0.25) is 0 Å². The highest BCUT2D eigenvalue weighted by molar-refractivity contribution is 5.99. The van der Waals surface area contributed by atoms with Gasteiger partial charge in [0.25, 0.3) is 5.91 Å². The number of amides is 1. The maximum atomic E-state index is 13.0. The molecule has 1 amide bonds. The van der Waals surface area contributed by atoms with Crippen LogP contribution in [0.25, 0.3) is 0 Å². The van der Waals surface area contributed by atoms with Gasteiger partial charge in [-0.2, -0.15) is 0 Å². The number of fused-ring (bicyclic) bond motifs is 1. The molecule has 0 aromatic heterocycles. The van der Waals surface area contributed by atoms with Crippen molar-refractivity contribution >= 4 is 11.9 Å². The van der Waals surface area contributed by atoms with Crippen LogP contribution in [0, 0.1) is 5.92 Å². The summed E-state index contributed by atoms with van der Waals surface area (Å²) in [7, 11) is 1.52. The summed E-state index contributed by atoms with van der Waals surface area (Å²) < 4.78 is 5.26. The molecule has 5 nitrogen and oxygen atoms in total. The largest absolute Gasteiger partial charge is 0.496 e. The molecule has 1 heterocycles. The summed E-state index contributed by atoms with van der Waals surface area (Å²) >= 11 is 0. The first-order valence-corrected chi connectivity index (χ1v) is 7.82. The number of methoxy groups -OCH3 is 1. The Labute approximate surface area is 129 Å². The smallest absolute Gasteiger partial charge is 0.326 e. The summed E-state index contributed by atoms with van der Waals surface area (Å²) in [6, 6.07) is 6.35. The third kappa shape index (κ3) is 2.45. The first-order chi connectivity index (χ1) is 10.6. The van der Waals surface area contributed by atoms with Gasteiger partial charge in [-0.25, -0.2) is 4.79 Å². The van der Waals surface area contributed by atoms with Gasteiger partial charge in [-0.3, -0.25) is 4.79 Å². The number of likely N-dealkylation sites (tertiary alicyclic amines) is 1. The molecule has 0 bridgehead atoms. The molecule has 0 spiro atoms. The molecular weight excluding hydrogens is 282 g/mol. The number of aliphatic carboxylic acids is 1. The fourth-order valence-corrected chi connectivity index (χ4v) is 3.93. The van der Waals surface area contributed by atoms with Crippen LogP contribution in [0.5, 0.6) is 5.75 Å². The van der Waals surface area contributed by atoms with E-state index in [9.17, 15) is 14.7 Å². The summed E-state index contributed by atoms with van der Waals surface area (Å²) in [5.74, 6) is -0.318. The van der Waals surface area contributed by atoms with Crippen LogP contribution in [0.1, 0.15) is 42.5 Å². The molecule has 1 saturated carbocycles. The second-order valence-corrected chi connectivity index (χ2v) is 6.11. The summed E-state index contributed by atoms with van der Waals surface area (Å²) in [4.78, 5) is 26.2. The third-order valence-electron chi connectivity index (χ3n) is 4.94. The van der Waals surface area contributed by atoms with Gasteiger partial charge in [0.15, 0.2) is 0 Å². The molecule has 1 N–H and O–H groups in total. The quantitative estimate of drug-likeness (QED) is 0.932. The molecular formula is C17H21NO4. The van der Waals surface area contributed by atoms with Gasteiger partial charge in [-0.15, -0.1) is 0 Å². The van der Waals surface area contributed by atoms with Gasteiger partial charge >= 0.3 is 5.97 Å². The molecule has 0 unspecified atom stereocenters. The number of hydrogen-bond donors (Lipinski definition) is 1. The van der Waals surface area contributed by atoms with Crippen LogP contribution in [0.3, 0.4) is 0 Å². The normalized spacial score (nSPS) is 27.3. The molecule has 1 aromatic rings. The van der Waals surface area contributed by atoms with Crippen LogP contribution in [0.2, 0.25) is 0 Å². The highest BCUT2D eigenvalue weighted by Crippen LogP contribution is 2.41. The van der Waals surface area contributed by atoms with Crippen molar-refractivity contribution < 1.29 is 19.4 Å². The zero-order valence-electron chi connectivity index (χ0n) is 12.7. The molecule has 0 radical (unpaired) electrons. The number of nitrogens with zero attached hydrogens (tertiary/aromatic N) is 1. The van der Waals surface area contributed by atoms with Crippen molar-refractivity contribution in [2.45, 2.75) is 44.2 Å². The summed E-state index contributed by atoms with van der Waals surface area (Å²) in [5, 5.41) is 9.53. The van der Waals surface area contributed by atoms with E-state index in [-0.39, 0.29) is 11.9 Å². The Kier molecular flexibility index (Phi) is 4.05. The lowest BCUT2D eigenvalue weighted by Crippen LogP contribution is -2.46. The van der Waals surface area contributed by atoms with E-state index in [0.29, 0.717) is 23.7 Å². The SMILES string of the molecule is COc1ccccc1C(=O)N1[C@@H]2CCCC[C@@H]2C[C@H]1C(=O)O. The van der Waals surface area contributed by atoms with Crippen LogP contribution in [0.15, 0.2) is 24.3 Å². The second kappa shape index (κ2) is 5.99. The van der Waals surface area contributed by atoms with Gasteiger partial charge in [-0.05, 0) is 37.3 Å². The fraction of sp³-hybridized carbons (Fsp3) is 0.529. The van der Waals surface area contributed by atoms with Gasteiger partial charge in [0.1, 0.15) is 11.8 Å². The number of carboxylic acids is 1. The lowest BCUT2D eigenvalue weighted by Gasteiger charge is -2.33. The average molecular weight is 303 g/mol. The number of carbonyl (C=O) groups excluding carboxylic acids is 1. The molecule has 118 valence electrons. The molecule has 1 aliphatic heterocycles. The lowest BCUT2D eigenvalue weighted by molar-refractivity contribution is -0.141. The lowest BCUT2D eigenvalue weighted by atomic mass is 9.84. The van der Waals surface area contributed by atoms with Gasteiger partial charge in [0.05, 0.1) is 12.7 Å². The summed E-state index contributed by atoms with van der Waals surface area (Å²) in [5.41, 5.74) is 0.447. The summed E-state index contributed by atoms with van der Waals surface area (Å²) in [6.07, 6.45) is 4.67. The Balaban J connectivity index is 1.95. The Morgan fingerprint density at radius 2 is 1.95 bits per heavy atom. The van der Waals surface area contributed by atoms with Crippen molar-refractivity contribution in [3.63, 3.8) is 0 Å². The van der Waals surface area contributed by atoms with E-state index in [1.54, 1.807) is 29.2 Å². The van der Waals surface area contributed by atoms with Crippen LogP contribution in [-0.2, 0) is 4.79 Å². The Bertz CT molecular complexity index is 586. The van der Waals surface area contributed by atoms with Crippen molar-refractivity contribution in [3.05, 3.63) is 29.8 Å². The van der Waals surface area contributed by atoms with E-state index in [1.807, 2.05) is 0 Å². The van der Waals surface area contributed by atoms with Crippen molar-refractivity contribution in [1.82, 2.24) is 4.90 Å². The highest BCUT2D eigenvalue weighted by atomic mass is 16.5. The highest BCUT2D eigenvalue weighted by Gasteiger charge is 2.48. The maximum absolute atomic E-state index is 13.0. The van der Waals surface area contributed by atoms with E-state index in [0.717, 1.165) is 25.7 Å². The molecule has 5 heteroatoms. The van der Waals surface area contributed by atoms with E-state index < -0.39 is 12.0 Å². The zero-order chi connectivity index (χ0) is 15.7. The Hall–Kier alpha value is -2.04. The molecule has 3 atom stereocenters. The summed E-state index contributed by atoms with van der Waals surface area (Å²) in [6.45, 7) is 0. The van der Waals surface area contributed by atoms with E-state index in [1.165, 1.54) is 7.11 Å². The zero-order valence-corrected chi connectivity index (χ0v) is 12.7. The van der Waals surface area contributed by atoms with Crippen molar-refractivity contribution in [3.8, 4) is 5.75 Å². The van der Waals surface area contributed by atoms with Crippen molar-refractivity contribution in [1.29, 1.82) is 0 Å². The molecule has 3 rings (SSSR count). The minimum atomic E-state index is -0.905. The molecule has 1 saturated heterocycles. The molecule has 2 aliphatic rings. The third-order valence-corrected chi connectivity index (χ3v) is 4.94. The van der Waals surface area contributed by atoms with E-state index >= 15 is 0 Å². The van der Waals surface area contributed by atoms with Crippen LogP contribution in [-0.4, -0.2) is 41.1 Å². The number of carbonyl (C=O) groups is 2. The first-order valence-electron chi connectivity index (χ1n) is 7.82. The molecule has 2 fully saturated rings. The molecule has 1 aromatic carbocycles. The van der Waals surface area contributed by atoms with Crippen LogP contribution < -0.4 is 4.74 Å². The number of para-hydroxylation sites is 1. The molecule has 22 heavy (non-hydrogen) atoms. The topological polar surface area (TPSA) is 66.8 Å². The number of carboxylic acid groups (broad SMARTS) is 1. The van der Waals surface area contributed by atoms with Gasteiger partial charge < -0.3 is 14.7 Å². The molecule has 1 aliphatic carbocycles.